The number of aliphatic imine (C=N–C) groups is 1. The molecular weight excluding hydrogens is 354 g/mol. The van der Waals surface area contributed by atoms with Crippen LogP contribution >= 0.6 is 0 Å². The molecule has 0 saturated carbocycles. The van der Waals surface area contributed by atoms with Crippen LogP contribution in [0, 0.1) is 11.3 Å². The molecule has 0 amide bonds. The van der Waals surface area contributed by atoms with E-state index in [9.17, 15) is 5.26 Å². The van der Waals surface area contributed by atoms with E-state index in [0.29, 0.717) is 22.9 Å². The zero-order valence-electron chi connectivity index (χ0n) is 16.4. The van der Waals surface area contributed by atoms with Gasteiger partial charge in [0.1, 0.15) is 22.9 Å². The van der Waals surface area contributed by atoms with Crippen molar-refractivity contribution in [3.8, 4) is 11.8 Å². The van der Waals surface area contributed by atoms with E-state index in [-0.39, 0.29) is 0 Å². The molecule has 0 aromatic carbocycles. The highest BCUT2D eigenvalue weighted by molar-refractivity contribution is 6.22. The summed E-state index contributed by atoms with van der Waals surface area (Å²) in [6.45, 7) is 6.22. The predicted molar refractivity (Wildman–Crippen MR) is 110 cm³/mol. The minimum absolute atomic E-state index is 0.297. The summed E-state index contributed by atoms with van der Waals surface area (Å²) in [5, 5.41) is 19.8. The summed E-state index contributed by atoms with van der Waals surface area (Å²) in [6.07, 6.45) is 7.67. The maximum Gasteiger partial charge on any atom is 0.146 e. The molecule has 2 aliphatic heterocycles. The Morgan fingerprint density at radius 2 is 2.14 bits per heavy atom. The van der Waals surface area contributed by atoms with E-state index >= 15 is 0 Å². The summed E-state index contributed by atoms with van der Waals surface area (Å²) < 4.78 is 7.06. The number of pyridine rings is 1. The topological polar surface area (TPSA) is 113 Å². The van der Waals surface area contributed by atoms with Crippen LogP contribution in [0.1, 0.15) is 30.9 Å². The zero-order valence-corrected chi connectivity index (χ0v) is 16.4. The molecule has 8 heteroatoms. The minimum atomic E-state index is 0.297. The summed E-state index contributed by atoms with van der Waals surface area (Å²) in [4.78, 5) is 4.67. The van der Waals surface area contributed by atoms with Gasteiger partial charge in [-0.1, -0.05) is 0 Å². The average molecular weight is 381 g/mol. The number of rotatable bonds is 4. The van der Waals surface area contributed by atoms with E-state index in [1.54, 1.807) is 17.8 Å². The molecule has 2 aliphatic rings. The van der Waals surface area contributed by atoms with Crippen LogP contribution in [0.15, 0.2) is 29.7 Å². The van der Waals surface area contributed by atoms with Gasteiger partial charge in [0.05, 0.1) is 19.3 Å². The Bertz CT molecular complexity index is 907. The van der Waals surface area contributed by atoms with E-state index in [1.165, 1.54) is 32.1 Å². The van der Waals surface area contributed by atoms with E-state index in [1.807, 2.05) is 19.2 Å². The quantitative estimate of drug-likeness (QED) is 0.689. The molecule has 8 nitrogen and oxygen atoms in total. The Morgan fingerprint density at radius 3 is 2.64 bits per heavy atom. The molecule has 0 radical (unpaired) electrons. The molecule has 2 aromatic rings. The molecule has 2 fully saturated rings. The number of nitrogens with two attached hydrogens (primary N) is 1. The van der Waals surface area contributed by atoms with Crippen LogP contribution in [0.5, 0.6) is 5.75 Å². The highest BCUT2D eigenvalue weighted by Crippen LogP contribution is 2.28. The van der Waals surface area contributed by atoms with Crippen molar-refractivity contribution in [2.75, 3.05) is 33.3 Å². The first-order valence-electron chi connectivity index (χ1n) is 9.52. The van der Waals surface area contributed by atoms with E-state index < -0.39 is 0 Å². The lowest BCUT2D eigenvalue weighted by Gasteiger charge is -2.24. The molecule has 4 heterocycles. The second-order valence-corrected chi connectivity index (χ2v) is 6.82. The monoisotopic (exact) mass is 381 g/mol. The van der Waals surface area contributed by atoms with Crippen LogP contribution in [-0.4, -0.2) is 54.7 Å². The van der Waals surface area contributed by atoms with Gasteiger partial charge in [0.2, 0.25) is 0 Å². The van der Waals surface area contributed by atoms with E-state index in [2.05, 4.69) is 26.8 Å². The molecule has 28 heavy (non-hydrogen) atoms. The van der Waals surface area contributed by atoms with Crippen LogP contribution in [0.4, 0.5) is 0 Å². The smallest absolute Gasteiger partial charge is 0.146 e. The standard InChI is InChI=1S/C16H18N6O.C4H9N/c1-10(21-13-7-19-8-13)14(5-18)11-3-15(23-2)16-12(4-17)6-20-22(16)9-11;1-2-4-5-3-1/h3,5-6,9,13,19H,7-8,18H2,1-2H3;5H,1-4H2/b14-5+,21-10?;. The van der Waals surface area contributed by atoms with Crippen LogP contribution in [-0.2, 0) is 0 Å². The summed E-state index contributed by atoms with van der Waals surface area (Å²) in [6, 6.07) is 4.27. The molecule has 0 bridgehead atoms. The fourth-order valence-corrected chi connectivity index (χ4v) is 3.23. The lowest BCUT2D eigenvalue weighted by molar-refractivity contribution is 0.417. The number of nitriles is 1. The predicted octanol–water partition coefficient (Wildman–Crippen LogP) is 1.32. The SMILES string of the molecule is C1CCNC1.COc1cc(/C(=C/N)C(C)=NC2CNC2)cn2ncc(C#N)c12. The molecular formula is C20H27N7O. The minimum Gasteiger partial charge on any atom is -0.494 e. The Balaban J connectivity index is 0.000000391. The van der Waals surface area contributed by atoms with Gasteiger partial charge in [-0.2, -0.15) is 10.4 Å². The normalized spacial score (nSPS) is 17.6. The van der Waals surface area contributed by atoms with Gasteiger partial charge in [-0.25, -0.2) is 4.52 Å². The Labute approximate surface area is 165 Å². The molecule has 0 unspecified atom stereocenters. The number of ether oxygens (including phenoxy) is 1. The van der Waals surface area contributed by atoms with E-state index in [0.717, 1.165) is 29.9 Å². The first-order chi connectivity index (χ1) is 13.7. The van der Waals surface area contributed by atoms with Crippen molar-refractivity contribution in [2.24, 2.45) is 10.7 Å². The van der Waals surface area contributed by atoms with Crippen molar-refractivity contribution in [1.82, 2.24) is 20.2 Å². The molecule has 2 aromatic heterocycles. The van der Waals surface area contributed by atoms with Gasteiger partial charge in [0, 0.05) is 42.3 Å². The van der Waals surface area contributed by atoms with Crippen molar-refractivity contribution in [2.45, 2.75) is 25.8 Å². The van der Waals surface area contributed by atoms with Gasteiger partial charge >= 0.3 is 0 Å². The van der Waals surface area contributed by atoms with Crippen molar-refractivity contribution in [3.63, 3.8) is 0 Å². The van der Waals surface area contributed by atoms with Gasteiger partial charge in [0.25, 0.3) is 0 Å². The van der Waals surface area contributed by atoms with Crippen LogP contribution in [0.3, 0.4) is 0 Å². The lowest BCUT2D eigenvalue weighted by Crippen LogP contribution is -2.45. The van der Waals surface area contributed by atoms with Crippen molar-refractivity contribution < 1.29 is 4.74 Å². The Morgan fingerprint density at radius 1 is 1.39 bits per heavy atom. The van der Waals surface area contributed by atoms with Crippen LogP contribution in [0.2, 0.25) is 0 Å². The largest absolute Gasteiger partial charge is 0.494 e. The number of aromatic nitrogens is 2. The molecule has 0 atom stereocenters. The highest BCUT2D eigenvalue weighted by Gasteiger charge is 2.18. The van der Waals surface area contributed by atoms with Crippen molar-refractivity contribution in [1.29, 1.82) is 5.26 Å². The summed E-state index contributed by atoms with van der Waals surface area (Å²) in [5.41, 5.74) is 9.48. The van der Waals surface area contributed by atoms with Crippen molar-refractivity contribution in [3.05, 3.63) is 35.8 Å². The second-order valence-electron chi connectivity index (χ2n) is 6.82. The lowest BCUT2D eigenvalue weighted by atomic mass is 10.0. The number of allylic oxidation sites excluding steroid dienone is 1. The van der Waals surface area contributed by atoms with Gasteiger partial charge in [0.15, 0.2) is 0 Å². The second kappa shape index (κ2) is 9.35. The molecule has 2 saturated heterocycles. The summed E-state index contributed by atoms with van der Waals surface area (Å²) in [5.74, 6) is 0.578. The van der Waals surface area contributed by atoms with E-state index in [4.69, 9.17) is 10.5 Å². The van der Waals surface area contributed by atoms with Crippen LogP contribution < -0.4 is 21.1 Å². The first kappa shape index (κ1) is 19.9. The number of hydrogen-bond acceptors (Lipinski definition) is 7. The summed E-state index contributed by atoms with van der Waals surface area (Å²) in [7, 11) is 1.57. The molecule has 0 aliphatic carbocycles. The molecule has 148 valence electrons. The Hall–Kier alpha value is -2.89. The van der Waals surface area contributed by atoms with Gasteiger partial charge in [-0.05, 0) is 38.9 Å². The van der Waals surface area contributed by atoms with Gasteiger partial charge in [-0.3, -0.25) is 4.99 Å². The number of nitrogens with zero attached hydrogens (tertiary/aromatic N) is 4. The number of hydrogen-bond donors (Lipinski definition) is 3. The number of nitrogens with one attached hydrogen (secondary N) is 2. The fourth-order valence-electron chi connectivity index (χ4n) is 3.23. The van der Waals surface area contributed by atoms with Crippen molar-refractivity contribution >= 4 is 16.8 Å². The number of fused-ring (bicyclic) bond motifs is 1. The third kappa shape index (κ3) is 4.32. The molecule has 4 rings (SSSR count). The van der Waals surface area contributed by atoms with Crippen LogP contribution in [0.25, 0.3) is 11.1 Å². The first-order valence-corrected chi connectivity index (χ1v) is 9.52. The third-order valence-electron chi connectivity index (χ3n) is 4.88. The average Bonchev–Trinajstić information content (AvgIpc) is 3.37. The van der Waals surface area contributed by atoms with Gasteiger partial charge < -0.3 is 21.1 Å². The number of methoxy groups -OCH3 is 1. The molecule has 4 N–H and O–H groups in total. The zero-order chi connectivity index (χ0) is 19.9. The Kier molecular flexibility index (Phi) is 6.63. The fraction of sp³-hybridized carbons (Fsp3) is 0.450. The third-order valence-corrected chi connectivity index (χ3v) is 4.88. The maximum absolute atomic E-state index is 9.17. The molecule has 0 spiro atoms. The maximum atomic E-state index is 9.17. The van der Waals surface area contributed by atoms with Gasteiger partial charge in [-0.15, -0.1) is 0 Å². The summed E-state index contributed by atoms with van der Waals surface area (Å²) >= 11 is 0. The highest BCUT2D eigenvalue weighted by atomic mass is 16.5.